The Balaban J connectivity index is 1.69. The summed E-state index contributed by atoms with van der Waals surface area (Å²) in [5.41, 5.74) is 0.727. The normalized spacial score (nSPS) is 16.6. The predicted octanol–water partition coefficient (Wildman–Crippen LogP) is 1.18. The SMILES string of the molecule is COCCNCCN1CCN(c2ccccc2F)CC1. The molecule has 2 rings (SSSR count). The third-order valence-corrected chi connectivity index (χ3v) is 3.65. The quantitative estimate of drug-likeness (QED) is 0.760. The number of benzene rings is 1. The van der Waals surface area contributed by atoms with Crippen LogP contribution in [-0.2, 0) is 4.74 Å². The molecule has 0 saturated carbocycles. The number of methoxy groups -OCH3 is 1. The Morgan fingerprint density at radius 3 is 2.60 bits per heavy atom. The second-order valence-electron chi connectivity index (χ2n) is 5.02. The maximum atomic E-state index is 13.7. The van der Waals surface area contributed by atoms with Crippen LogP contribution in [0.3, 0.4) is 0 Å². The van der Waals surface area contributed by atoms with E-state index in [2.05, 4.69) is 15.1 Å². The average Bonchev–Trinajstić information content (AvgIpc) is 2.48. The molecule has 1 aromatic carbocycles. The lowest BCUT2D eigenvalue weighted by Crippen LogP contribution is -2.48. The topological polar surface area (TPSA) is 27.7 Å². The van der Waals surface area contributed by atoms with Crippen LogP contribution < -0.4 is 10.2 Å². The molecule has 1 saturated heterocycles. The molecule has 4 nitrogen and oxygen atoms in total. The number of hydrogen-bond donors (Lipinski definition) is 1. The van der Waals surface area contributed by atoms with Crippen molar-refractivity contribution in [1.82, 2.24) is 10.2 Å². The Morgan fingerprint density at radius 2 is 1.90 bits per heavy atom. The van der Waals surface area contributed by atoms with Crippen molar-refractivity contribution in [1.29, 1.82) is 0 Å². The highest BCUT2D eigenvalue weighted by Gasteiger charge is 2.18. The number of hydrogen-bond acceptors (Lipinski definition) is 4. The Kier molecular flexibility index (Phi) is 6.24. The number of anilines is 1. The standard InChI is InChI=1S/C15H24FN3O/c1-20-13-7-17-6-8-18-9-11-19(12-10-18)15-5-3-2-4-14(15)16/h2-5,17H,6-13H2,1H3. The summed E-state index contributed by atoms with van der Waals surface area (Å²) in [7, 11) is 1.71. The van der Waals surface area contributed by atoms with E-state index in [-0.39, 0.29) is 5.82 Å². The van der Waals surface area contributed by atoms with Gasteiger partial charge in [0.2, 0.25) is 0 Å². The van der Waals surface area contributed by atoms with E-state index >= 15 is 0 Å². The first-order valence-corrected chi connectivity index (χ1v) is 7.23. The molecule has 1 heterocycles. The van der Waals surface area contributed by atoms with Crippen molar-refractivity contribution in [2.45, 2.75) is 0 Å². The predicted molar refractivity (Wildman–Crippen MR) is 79.8 cm³/mol. The van der Waals surface area contributed by atoms with Crippen molar-refractivity contribution < 1.29 is 9.13 Å². The summed E-state index contributed by atoms with van der Waals surface area (Å²) in [4.78, 5) is 4.54. The fraction of sp³-hybridized carbons (Fsp3) is 0.600. The van der Waals surface area contributed by atoms with Crippen LogP contribution in [0.5, 0.6) is 0 Å². The van der Waals surface area contributed by atoms with Gasteiger partial charge in [-0.25, -0.2) is 4.39 Å². The van der Waals surface area contributed by atoms with Crippen molar-refractivity contribution >= 4 is 5.69 Å². The molecule has 0 radical (unpaired) electrons. The van der Waals surface area contributed by atoms with Gasteiger partial charge in [-0.1, -0.05) is 12.1 Å². The molecule has 0 aromatic heterocycles. The zero-order valence-electron chi connectivity index (χ0n) is 12.1. The van der Waals surface area contributed by atoms with Crippen LogP contribution in [0.2, 0.25) is 0 Å². The van der Waals surface area contributed by atoms with Crippen LogP contribution in [0.4, 0.5) is 10.1 Å². The molecular weight excluding hydrogens is 257 g/mol. The largest absolute Gasteiger partial charge is 0.383 e. The van der Waals surface area contributed by atoms with E-state index in [1.54, 1.807) is 13.2 Å². The molecule has 1 aliphatic rings. The summed E-state index contributed by atoms with van der Waals surface area (Å²) >= 11 is 0. The number of nitrogens with one attached hydrogen (secondary N) is 1. The lowest BCUT2D eigenvalue weighted by atomic mass is 10.2. The van der Waals surface area contributed by atoms with Gasteiger partial charge in [0.1, 0.15) is 5.82 Å². The van der Waals surface area contributed by atoms with Gasteiger partial charge in [0.05, 0.1) is 12.3 Å². The van der Waals surface area contributed by atoms with E-state index in [1.165, 1.54) is 6.07 Å². The maximum absolute atomic E-state index is 13.7. The summed E-state index contributed by atoms with van der Waals surface area (Å²) in [5.74, 6) is -0.123. The van der Waals surface area contributed by atoms with Crippen molar-refractivity contribution in [3.63, 3.8) is 0 Å². The summed E-state index contributed by atoms with van der Waals surface area (Å²) < 4.78 is 18.7. The summed E-state index contributed by atoms with van der Waals surface area (Å²) in [5, 5.41) is 3.35. The van der Waals surface area contributed by atoms with E-state index in [9.17, 15) is 4.39 Å². The van der Waals surface area contributed by atoms with Gasteiger partial charge in [-0.2, -0.15) is 0 Å². The molecule has 0 spiro atoms. The number of ether oxygens (including phenoxy) is 1. The van der Waals surface area contributed by atoms with Crippen LogP contribution in [0.1, 0.15) is 0 Å². The first-order chi connectivity index (χ1) is 9.81. The van der Waals surface area contributed by atoms with Gasteiger partial charge in [-0.15, -0.1) is 0 Å². The second-order valence-corrected chi connectivity index (χ2v) is 5.02. The van der Waals surface area contributed by atoms with Crippen molar-refractivity contribution in [3.8, 4) is 0 Å². The molecule has 0 unspecified atom stereocenters. The molecule has 1 aliphatic heterocycles. The molecule has 0 aliphatic carbocycles. The fourth-order valence-electron chi connectivity index (χ4n) is 2.46. The highest BCUT2D eigenvalue weighted by Crippen LogP contribution is 2.19. The minimum Gasteiger partial charge on any atom is -0.383 e. The molecule has 112 valence electrons. The second kappa shape index (κ2) is 8.19. The molecule has 0 amide bonds. The molecule has 5 heteroatoms. The Hall–Kier alpha value is -1.17. The average molecular weight is 281 g/mol. The van der Waals surface area contributed by atoms with Crippen molar-refractivity contribution in [2.24, 2.45) is 0 Å². The molecular formula is C15H24FN3O. The van der Waals surface area contributed by atoms with Gasteiger partial charge >= 0.3 is 0 Å². The van der Waals surface area contributed by atoms with E-state index in [1.807, 2.05) is 12.1 Å². The van der Waals surface area contributed by atoms with Gasteiger partial charge in [0, 0.05) is 52.9 Å². The minimum absolute atomic E-state index is 0.123. The summed E-state index contributed by atoms with van der Waals surface area (Å²) in [6.45, 7) is 7.41. The van der Waals surface area contributed by atoms with Crippen LogP contribution in [-0.4, -0.2) is 64.4 Å². The van der Waals surface area contributed by atoms with Gasteiger partial charge < -0.3 is 15.0 Å². The molecule has 20 heavy (non-hydrogen) atoms. The lowest BCUT2D eigenvalue weighted by Gasteiger charge is -2.36. The monoisotopic (exact) mass is 281 g/mol. The Labute approximate surface area is 120 Å². The van der Waals surface area contributed by atoms with E-state index in [0.717, 1.165) is 58.1 Å². The molecule has 1 aromatic rings. The van der Waals surface area contributed by atoms with Crippen LogP contribution in [0, 0.1) is 5.82 Å². The lowest BCUT2D eigenvalue weighted by molar-refractivity contribution is 0.195. The highest BCUT2D eigenvalue weighted by molar-refractivity contribution is 5.47. The van der Waals surface area contributed by atoms with Crippen molar-refractivity contribution in [2.75, 3.05) is 64.4 Å². The van der Waals surface area contributed by atoms with E-state index in [4.69, 9.17) is 4.74 Å². The number of nitrogens with zero attached hydrogens (tertiary/aromatic N) is 2. The van der Waals surface area contributed by atoms with Gasteiger partial charge in [-0.3, -0.25) is 4.90 Å². The molecule has 0 atom stereocenters. The van der Waals surface area contributed by atoms with Crippen LogP contribution in [0.25, 0.3) is 0 Å². The third kappa shape index (κ3) is 4.44. The zero-order valence-corrected chi connectivity index (χ0v) is 12.1. The first-order valence-electron chi connectivity index (χ1n) is 7.23. The zero-order chi connectivity index (χ0) is 14.2. The molecule has 1 N–H and O–H groups in total. The van der Waals surface area contributed by atoms with E-state index in [0.29, 0.717) is 0 Å². The van der Waals surface area contributed by atoms with E-state index < -0.39 is 0 Å². The van der Waals surface area contributed by atoms with Crippen LogP contribution in [0.15, 0.2) is 24.3 Å². The third-order valence-electron chi connectivity index (χ3n) is 3.65. The summed E-state index contributed by atoms with van der Waals surface area (Å²) in [6, 6.07) is 7.02. The van der Waals surface area contributed by atoms with Gasteiger partial charge in [-0.05, 0) is 12.1 Å². The van der Waals surface area contributed by atoms with Crippen LogP contribution >= 0.6 is 0 Å². The number of para-hydroxylation sites is 1. The van der Waals surface area contributed by atoms with Crippen molar-refractivity contribution in [3.05, 3.63) is 30.1 Å². The van der Waals surface area contributed by atoms with Gasteiger partial charge in [0.15, 0.2) is 0 Å². The fourth-order valence-corrected chi connectivity index (χ4v) is 2.46. The molecule has 1 fully saturated rings. The Bertz CT molecular complexity index is 394. The number of rotatable bonds is 7. The molecule has 0 bridgehead atoms. The smallest absolute Gasteiger partial charge is 0.146 e. The minimum atomic E-state index is -0.123. The Morgan fingerprint density at radius 1 is 1.15 bits per heavy atom. The first kappa shape index (κ1) is 15.2. The summed E-state index contributed by atoms with van der Waals surface area (Å²) in [6.07, 6.45) is 0. The van der Waals surface area contributed by atoms with Gasteiger partial charge in [0.25, 0.3) is 0 Å². The highest BCUT2D eigenvalue weighted by atomic mass is 19.1. The number of piperazine rings is 1. The number of halogens is 1. The maximum Gasteiger partial charge on any atom is 0.146 e.